The van der Waals surface area contributed by atoms with Crippen LogP contribution in [0.5, 0.6) is 0 Å². The summed E-state index contributed by atoms with van der Waals surface area (Å²) < 4.78 is 0. The minimum absolute atomic E-state index is 0.165. The minimum Gasteiger partial charge on any atom is -0.356 e. The number of carbonyl (C=O) groups is 1. The molecule has 0 radical (unpaired) electrons. The number of hydrogen-bond acceptors (Lipinski definition) is 1. The van der Waals surface area contributed by atoms with Gasteiger partial charge in [0.25, 0.3) is 0 Å². The summed E-state index contributed by atoms with van der Waals surface area (Å²) in [4.78, 5) is 11.5. The van der Waals surface area contributed by atoms with Gasteiger partial charge in [0.1, 0.15) is 0 Å². The molecule has 1 N–H and O–H groups in total. The zero-order valence-corrected chi connectivity index (χ0v) is 11.6. The predicted octanol–water partition coefficient (Wildman–Crippen LogP) is 3.90. The summed E-state index contributed by atoms with van der Waals surface area (Å²) in [6.07, 6.45) is 9.06. The maximum Gasteiger partial charge on any atom is 0.225 e. The molecule has 0 aliphatic heterocycles. The highest BCUT2D eigenvalue weighted by Crippen LogP contribution is 2.12. The summed E-state index contributed by atoms with van der Waals surface area (Å²) in [7, 11) is 0. The molecule has 0 aromatic heterocycles. The molecule has 2 nitrogen and oxygen atoms in total. The van der Waals surface area contributed by atoms with Crippen LogP contribution in [0, 0.1) is 5.41 Å². The molecule has 96 valence electrons. The molecule has 0 spiro atoms. The lowest BCUT2D eigenvalue weighted by Crippen LogP contribution is -2.35. The highest BCUT2D eigenvalue weighted by Gasteiger charge is 2.19. The van der Waals surface area contributed by atoms with Crippen molar-refractivity contribution in [3.63, 3.8) is 0 Å². The number of unbranched alkanes of at least 4 members (excludes halogenated alkanes) is 6. The molecule has 0 saturated carbocycles. The van der Waals surface area contributed by atoms with Gasteiger partial charge in [0, 0.05) is 12.0 Å². The third kappa shape index (κ3) is 8.75. The van der Waals surface area contributed by atoms with Crippen molar-refractivity contribution in [3.05, 3.63) is 0 Å². The Kier molecular flexibility index (Phi) is 8.32. The van der Waals surface area contributed by atoms with E-state index in [2.05, 4.69) is 12.2 Å². The smallest absolute Gasteiger partial charge is 0.225 e. The van der Waals surface area contributed by atoms with Gasteiger partial charge < -0.3 is 5.32 Å². The van der Waals surface area contributed by atoms with E-state index >= 15 is 0 Å². The summed E-state index contributed by atoms with van der Waals surface area (Å²) in [5.41, 5.74) is -0.249. The molecular weight excluding hydrogens is 198 g/mol. The first-order valence-corrected chi connectivity index (χ1v) is 6.76. The molecular formula is C14H29NO. The Morgan fingerprint density at radius 3 is 1.94 bits per heavy atom. The Morgan fingerprint density at radius 2 is 1.44 bits per heavy atom. The molecule has 0 fully saturated rings. The van der Waals surface area contributed by atoms with Gasteiger partial charge in [-0.3, -0.25) is 4.79 Å². The zero-order valence-electron chi connectivity index (χ0n) is 11.6. The largest absolute Gasteiger partial charge is 0.356 e. The lowest BCUT2D eigenvalue weighted by molar-refractivity contribution is -0.128. The molecule has 0 atom stereocenters. The van der Waals surface area contributed by atoms with E-state index in [1.807, 2.05) is 20.8 Å². The molecule has 0 bridgehead atoms. The van der Waals surface area contributed by atoms with Crippen LogP contribution in [0.4, 0.5) is 0 Å². The highest BCUT2D eigenvalue weighted by molar-refractivity contribution is 5.81. The van der Waals surface area contributed by atoms with Crippen LogP contribution >= 0.6 is 0 Å². The van der Waals surface area contributed by atoms with Gasteiger partial charge in [0.05, 0.1) is 0 Å². The van der Waals surface area contributed by atoms with E-state index in [1.165, 1.54) is 38.5 Å². The Labute approximate surface area is 101 Å². The molecule has 2 heteroatoms. The van der Waals surface area contributed by atoms with Gasteiger partial charge in [-0.25, -0.2) is 0 Å². The lowest BCUT2D eigenvalue weighted by Gasteiger charge is -2.17. The maximum atomic E-state index is 11.5. The summed E-state index contributed by atoms with van der Waals surface area (Å²) in [5.74, 6) is 0.165. The molecule has 0 unspecified atom stereocenters. The lowest BCUT2D eigenvalue weighted by atomic mass is 9.96. The SMILES string of the molecule is CCCCCCCCCNC(=O)C(C)(C)C. The van der Waals surface area contributed by atoms with Crippen LogP contribution in [-0.4, -0.2) is 12.5 Å². The Bertz CT molecular complexity index is 182. The molecule has 0 aliphatic rings. The topological polar surface area (TPSA) is 29.1 Å². The second-order valence-corrected chi connectivity index (χ2v) is 5.63. The van der Waals surface area contributed by atoms with Gasteiger partial charge >= 0.3 is 0 Å². The average molecular weight is 227 g/mol. The predicted molar refractivity (Wildman–Crippen MR) is 70.5 cm³/mol. The first-order chi connectivity index (χ1) is 7.48. The van der Waals surface area contributed by atoms with Crippen molar-refractivity contribution in [2.24, 2.45) is 5.41 Å². The molecule has 16 heavy (non-hydrogen) atoms. The van der Waals surface area contributed by atoms with E-state index in [9.17, 15) is 4.79 Å². The molecule has 1 amide bonds. The molecule has 0 rings (SSSR count). The molecule has 0 aromatic rings. The van der Waals surface area contributed by atoms with Crippen LogP contribution in [-0.2, 0) is 4.79 Å². The molecule has 0 aliphatic carbocycles. The van der Waals surface area contributed by atoms with Crippen molar-refractivity contribution in [1.29, 1.82) is 0 Å². The van der Waals surface area contributed by atoms with Gasteiger partial charge in [-0.2, -0.15) is 0 Å². The third-order valence-corrected chi connectivity index (χ3v) is 2.75. The summed E-state index contributed by atoms with van der Waals surface area (Å²) >= 11 is 0. The van der Waals surface area contributed by atoms with Crippen molar-refractivity contribution >= 4 is 5.91 Å². The Balaban J connectivity index is 3.25. The molecule has 0 aromatic carbocycles. The van der Waals surface area contributed by atoms with Gasteiger partial charge in [0.15, 0.2) is 0 Å². The fourth-order valence-corrected chi connectivity index (χ4v) is 1.55. The van der Waals surface area contributed by atoms with Crippen LogP contribution in [0.25, 0.3) is 0 Å². The summed E-state index contributed by atoms with van der Waals surface area (Å²) in [5, 5.41) is 2.99. The Morgan fingerprint density at radius 1 is 0.938 bits per heavy atom. The fraction of sp³-hybridized carbons (Fsp3) is 0.929. The van der Waals surface area contributed by atoms with Crippen LogP contribution in [0.2, 0.25) is 0 Å². The van der Waals surface area contributed by atoms with Crippen LogP contribution in [0.15, 0.2) is 0 Å². The third-order valence-electron chi connectivity index (χ3n) is 2.75. The van der Waals surface area contributed by atoms with Crippen molar-refractivity contribution < 1.29 is 4.79 Å². The van der Waals surface area contributed by atoms with Gasteiger partial charge in [-0.05, 0) is 6.42 Å². The highest BCUT2D eigenvalue weighted by atomic mass is 16.2. The normalized spacial score (nSPS) is 11.5. The number of nitrogens with one attached hydrogen (secondary N) is 1. The van der Waals surface area contributed by atoms with Gasteiger partial charge in [-0.1, -0.05) is 66.2 Å². The standard InChI is InChI=1S/C14H29NO/c1-5-6-7-8-9-10-11-12-15-13(16)14(2,3)4/h5-12H2,1-4H3,(H,15,16). The number of hydrogen-bond donors (Lipinski definition) is 1. The quantitative estimate of drug-likeness (QED) is 0.626. The number of amides is 1. The number of carbonyl (C=O) groups excluding carboxylic acids is 1. The monoisotopic (exact) mass is 227 g/mol. The van der Waals surface area contributed by atoms with Crippen LogP contribution < -0.4 is 5.32 Å². The molecule has 0 saturated heterocycles. The van der Waals surface area contributed by atoms with E-state index in [0.717, 1.165) is 13.0 Å². The fourth-order valence-electron chi connectivity index (χ4n) is 1.55. The summed E-state index contributed by atoms with van der Waals surface area (Å²) in [6, 6.07) is 0. The first kappa shape index (κ1) is 15.5. The van der Waals surface area contributed by atoms with Gasteiger partial charge in [0.2, 0.25) is 5.91 Å². The van der Waals surface area contributed by atoms with Crippen LogP contribution in [0.1, 0.15) is 72.6 Å². The first-order valence-electron chi connectivity index (χ1n) is 6.76. The van der Waals surface area contributed by atoms with Crippen LogP contribution in [0.3, 0.4) is 0 Å². The van der Waals surface area contributed by atoms with Crippen molar-refractivity contribution in [2.75, 3.05) is 6.54 Å². The zero-order chi connectivity index (χ0) is 12.4. The van der Waals surface area contributed by atoms with Crippen molar-refractivity contribution in [1.82, 2.24) is 5.32 Å². The Hall–Kier alpha value is -0.530. The van der Waals surface area contributed by atoms with Crippen molar-refractivity contribution in [3.8, 4) is 0 Å². The van der Waals surface area contributed by atoms with E-state index in [-0.39, 0.29) is 11.3 Å². The van der Waals surface area contributed by atoms with Gasteiger partial charge in [-0.15, -0.1) is 0 Å². The van der Waals surface area contributed by atoms with E-state index < -0.39 is 0 Å². The maximum absolute atomic E-state index is 11.5. The average Bonchev–Trinajstić information content (AvgIpc) is 2.20. The van der Waals surface area contributed by atoms with E-state index in [1.54, 1.807) is 0 Å². The second kappa shape index (κ2) is 8.60. The minimum atomic E-state index is -0.249. The van der Waals surface area contributed by atoms with E-state index in [4.69, 9.17) is 0 Å². The van der Waals surface area contributed by atoms with E-state index in [0.29, 0.717) is 0 Å². The summed E-state index contributed by atoms with van der Waals surface area (Å²) in [6.45, 7) is 8.93. The second-order valence-electron chi connectivity index (χ2n) is 5.63. The molecule has 0 heterocycles. The van der Waals surface area contributed by atoms with Crippen molar-refractivity contribution in [2.45, 2.75) is 72.6 Å². The number of rotatable bonds is 8.